The molecule has 2 aromatic carbocycles. The highest BCUT2D eigenvalue weighted by Crippen LogP contribution is 2.42. The normalized spacial score (nSPS) is 12.6. The zero-order chi connectivity index (χ0) is 23.2. The van der Waals surface area contributed by atoms with Gasteiger partial charge >= 0.3 is 0 Å². The third kappa shape index (κ3) is 4.27. The standard InChI is InChI=1S/C24H36N2O3S/c1-13-15(11-25)21(27)19(9-17(13)23(3,4)5)30(29)20-10-18(24(6,7)8)14(2)16(12-26)22(20)28/h9-10,27-28H,11-12,25-26H2,1-8H3. The summed E-state index contributed by atoms with van der Waals surface area (Å²) in [6.07, 6.45) is 0. The van der Waals surface area contributed by atoms with Crippen molar-refractivity contribution in [3.63, 3.8) is 0 Å². The molecule has 0 spiro atoms. The topological polar surface area (TPSA) is 110 Å². The molecule has 0 saturated carbocycles. The highest BCUT2D eigenvalue weighted by Gasteiger charge is 2.29. The van der Waals surface area contributed by atoms with Gasteiger partial charge in [-0.25, -0.2) is 4.21 Å². The van der Waals surface area contributed by atoms with Gasteiger partial charge in [-0.1, -0.05) is 41.5 Å². The lowest BCUT2D eigenvalue weighted by Crippen LogP contribution is -2.18. The molecule has 0 bridgehead atoms. The Hall–Kier alpha value is -1.89. The van der Waals surface area contributed by atoms with Crippen LogP contribution in [0.15, 0.2) is 21.9 Å². The average Bonchev–Trinajstić information content (AvgIpc) is 2.60. The predicted octanol–water partition coefficient (Wildman–Crippen LogP) is 4.39. The Labute approximate surface area is 183 Å². The Bertz CT molecular complexity index is 920. The van der Waals surface area contributed by atoms with Crippen LogP contribution in [0.3, 0.4) is 0 Å². The molecule has 5 nitrogen and oxygen atoms in total. The van der Waals surface area contributed by atoms with Crippen molar-refractivity contribution in [2.45, 2.75) is 89.1 Å². The van der Waals surface area contributed by atoms with Crippen LogP contribution in [-0.4, -0.2) is 14.4 Å². The number of phenols is 2. The molecule has 0 aliphatic carbocycles. The summed E-state index contributed by atoms with van der Waals surface area (Å²) in [6.45, 7) is 16.5. The second-order valence-corrected chi connectivity index (χ2v) is 11.3. The molecule has 2 aromatic rings. The average molecular weight is 433 g/mol. The van der Waals surface area contributed by atoms with Gasteiger partial charge in [0.2, 0.25) is 0 Å². The first-order valence-electron chi connectivity index (χ1n) is 10.2. The van der Waals surface area contributed by atoms with Gasteiger partial charge in [-0.2, -0.15) is 0 Å². The van der Waals surface area contributed by atoms with E-state index in [1.54, 1.807) is 12.1 Å². The van der Waals surface area contributed by atoms with Crippen LogP contribution in [0.4, 0.5) is 0 Å². The molecule has 0 aromatic heterocycles. The monoisotopic (exact) mass is 432 g/mol. The largest absolute Gasteiger partial charge is 0.506 e. The second kappa shape index (κ2) is 8.33. The molecule has 0 amide bonds. The lowest BCUT2D eigenvalue weighted by molar-refractivity contribution is 0.447. The SMILES string of the molecule is Cc1c(C(C)(C)C)cc(S(=O)c2cc(C(C)(C)C)c(C)c(CN)c2O)c(O)c1CN. The van der Waals surface area contributed by atoms with Gasteiger partial charge in [-0.3, -0.25) is 0 Å². The maximum atomic E-state index is 13.7. The number of hydrogen-bond donors (Lipinski definition) is 4. The third-order valence-corrected chi connectivity index (χ3v) is 7.15. The minimum atomic E-state index is -1.81. The van der Waals surface area contributed by atoms with Gasteiger partial charge in [0, 0.05) is 24.2 Å². The van der Waals surface area contributed by atoms with E-state index in [0.717, 1.165) is 22.3 Å². The van der Waals surface area contributed by atoms with Crippen LogP contribution in [0.1, 0.15) is 74.9 Å². The van der Waals surface area contributed by atoms with Gasteiger partial charge in [0.1, 0.15) is 11.5 Å². The number of phenolic OH excluding ortho intramolecular Hbond substituents is 2. The molecule has 166 valence electrons. The molecule has 6 heteroatoms. The van der Waals surface area contributed by atoms with Crippen molar-refractivity contribution in [3.05, 3.63) is 45.5 Å². The van der Waals surface area contributed by atoms with Crippen LogP contribution in [0.25, 0.3) is 0 Å². The van der Waals surface area contributed by atoms with E-state index in [0.29, 0.717) is 11.1 Å². The van der Waals surface area contributed by atoms with Crippen molar-refractivity contribution in [2.24, 2.45) is 11.5 Å². The van der Waals surface area contributed by atoms with Crippen LogP contribution in [-0.2, 0) is 34.7 Å². The summed E-state index contributed by atoms with van der Waals surface area (Å²) in [6, 6.07) is 3.55. The number of nitrogens with two attached hydrogens (primary N) is 2. The lowest BCUT2D eigenvalue weighted by atomic mass is 9.82. The zero-order valence-electron chi connectivity index (χ0n) is 19.4. The van der Waals surface area contributed by atoms with E-state index in [-0.39, 0.29) is 45.2 Å². The van der Waals surface area contributed by atoms with E-state index >= 15 is 0 Å². The Kier molecular flexibility index (Phi) is 6.77. The summed E-state index contributed by atoms with van der Waals surface area (Å²) < 4.78 is 13.7. The minimum absolute atomic E-state index is 0.0760. The van der Waals surface area contributed by atoms with E-state index in [4.69, 9.17) is 11.5 Å². The van der Waals surface area contributed by atoms with E-state index in [9.17, 15) is 14.4 Å². The van der Waals surface area contributed by atoms with E-state index in [1.807, 2.05) is 13.8 Å². The molecule has 0 saturated heterocycles. The molecule has 0 aliphatic heterocycles. The zero-order valence-corrected chi connectivity index (χ0v) is 20.3. The first kappa shape index (κ1) is 24.4. The fourth-order valence-electron chi connectivity index (χ4n) is 4.05. The van der Waals surface area contributed by atoms with Crippen molar-refractivity contribution in [1.82, 2.24) is 0 Å². The number of benzene rings is 2. The van der Waals surface area contributed by atoms with Crippen LogP contribution < -0.4 is 11.5 Å². The molecule has 0 atom stereocenters. The van der Waals surface area contributed by atoms with Crippen LogP contribution >= 0.6 is 0 Å². The molecule has 6 N–H and O–H groups in total. The summed E-state index contributed by atoms with van der Waals surface area (Å²) in [7, 11) is -1.81. The molecule has 0 unspecified atom stereocenters. The van der Waals surface area contributed by atoms with Gasteiger partial charge in [0.15, 0.2) is 0 Å². The molecule has 0 radical (unpaired) electrons. The van der Waals surface area contributed by atoms with Crippen molar-refractivity contribution in [1.29, 1.82) is 0 Å². The molecule has 30 heavy (non-hydrogen) atoms. The smallest absolute Gasteiger partial charge is 0.136 e. The molecular weight excluding hydrogens is 396 g/mol. The van der Waals surface area contributed by atoms with Crippen LogP contribution in [0.2, 0.25) is 0 Å². The minimum Gasteiger partial charge on any atom is -0.506 e. The van der Waals surface area contributed by atoms with Gasteiger partial charge in [-0.05, 0) is 59.1 Å². The van der Waals surface area contributed by atoms with Gasteiger partial charge < -0.3 is 21.7 Å². The fraction of sp³-hybridized carbons (Fsp3) is 0.500. The molecule has 2 rings (SSSR count). The third-order valence-electron chi connectivity index (χ3n) is 5.73. The summed E-state index contributed by atoms with van der Waals surface area (Å²) in [5, 5.41) is 21.8. The van der Waals surface area contributed by atoms with Gasteiger partial charge in [0.25, 0.3) is 0 Å². The summed E-state index contributed by atoms with van der Waals surface area (Å²) in [5.74, 6) is -0.152. The predicted molar refractivity (Wildman–Crippen MR) is 124 cm³/mol. The van der Waals surface area contributed by atoms with E-state index < -0.39 is 10.8 Å². The Morgan fingerprint density at radius 3 is 1.30 bits per heavy atom. The Morgan fingerprint density at radius 2 is 1.07 bits per heavy atom. The molecular formula is C24H36N2O3S. The van der Waals surface area contributed by atoms with Crippen molar-refractivity contribution >= 4 is 10.8 Å². The van der Waals surface area contributed by atoms with Crippen LogP contribution in [0, 0.1) is 13.8 Å². The Balaban J connectivity index is 2.87. The van der Waals surface area contributed by atoms with Gasteiger partial charge in [-0.15, -0.1) is 0 Å². The summed E-state index contributed by atoms with van der Waals surface area (Å²) >= 11 is 0. The van der Waals surface area contributed by atoms with E-state index in [2.05, 4.69) is 41.5 Å². The molecule has 0 heterocycles. The highest BCUT2D eigenvalue weighted by atomic mass is 32.2. The molecule has 0 fully saturated rings. The van der Waals surface area contributed by atoms with Crippen molar-refractivity contribution < 1.29 is 14.4 Å². The number of rotatable bonds is 4. The first-order valence-corrected chi connectivity index (χ1v) is 11.4. The molecule has 0 aliphatic rings. The van der Waals surface area contributed by atoms with Crippen molar-refractivity contribution in [2.75, 3.05) is 0 Å². The number of hydrogen-bond acceptors (Lipinski definition) is 5. The van der Waals surface area contributed by atoms with Crippen LogP contribution in [0.5, 0.6) is 11.5 Å². The maximum absolute atomic E-state index is 13.7. The second-order valence-electron chi connectivity index (χ2n) is 9.93. The Morgan fingerprint density at radius 1 is 0.767 bits per heavy atom. The van der Waals surface area contributed by atoms with Gasteiger partial charge in [0.05, 0.1) is 20.6 Å². The highest BCUT2D eigenvalue weighted by molar-refractivity contribution is 7.85. The lowest BCUT2D eigenvalue weighted by Gasteiger charge is -2.27. The maximum Gasteiger partial charge on any atom is 0.136 e. The summed E-state index contributed by atoms with van der Waals surface area (Å²) in [4.78, 5) is 0.515. The fourth-order valence-corrected chi connectivity index (χ4v) is 5.34. The number of aromatic hydroxyl groups is 2. The van der Waals surface area contributed by atoms with Crippen molar-refractivity contribution in [3.8, 4) is 11.5 Å². The van der Waals surface area contributed by atoms with E-state index in [1.165, 1.54) is 0 Å². The quantitative estimate of drug-likeness (QED) is 0.573. The summed E-state index contributed by atoms with van der Waals surface area (Å²) in [5.41, 5.74) is 16.3. The first-order chi connectivity index (χ1) is 13.7.